The Bertz CT molecular complexity index is 1320. The lowest BCUT2D eigenvalue weighted by atomic mass is 9.92. The van der Waals surface area contributed by atoms with Crippen LogP contribution in [0, 0.1) is 0 Å². The van der Waals surface area contributed by atoms with E-state index in [4.69, 9.17) is 4.99 Å². The fraction of sp³-hybridized carbons (Fsp3) is 0.154. The number of nitrogens with zero attached hydrogens (tertiary/aromatic N) is 4. The quantitative estimate of drug-likeness (QED) is 0.463. The molecule has 148 valence electrons. The Morgan fingerprint density at radius 3 is 2.43 bits per heavy atom. The van der Waals surface area contributed by atoms with Crippen LogP contribution in [0.4, 0.5) is 17.2 Å². The van der Waals surface area contributed by atoms with Crippen LogP contribution in [0.15, 0.2) is 90.1 Å². The van der Waals surface area contributed by atoms with E-state index >= 15 is 0 Å². The molecule has 0 atom stereocenters. The van der Waals surface area contributed by atoms with Gasteiger partial charge >= 0.3 is 5.82 Å². The van der Waals surface area contributed by atoms with Gasteiger partial charge in [-0.15, -0.1) is 0 Å². The van der Waals surface area contributed by atoms with Gasteiger partial charge < -0.3 is 9.47 Å². The maximum absolute atomic E-state index is 4.91. The highest BCUT2D eigenvalue weighted by Gasteiger charge is 2.23. The lowest BCUT2D eigenvalue weighted by molar-refractivity contribution is -0.658. The highest BCUT2D eigenvalue weighted by Crippen LogP contribution is 2.42. The summed E-state index contributed by atoms with van der Waals surface area (Å²) >= 11 is 0. The van der Waals surface area contributed by atoms with Crippen molar-refractivity contribution in [2.45, 2.75) is 6.42 Å². The van der Waals surface area contributed by atoms with Gasteiger partial charge in [0.25, 0.3) is 0 Å². The largest absolute Gasteiger partial charge is 0.344 e. The number of aryl methyl sites for hydroxylation is 1. The maximum atomic E-state index is 4.91. The third-order valence-corrected chi connectivity index (χ3v) is 5.93. The Hall–Kier alpha value is -3.66. The second-order valence-electron chi connectivity index (χ2n) is 7.79. The topological polar surface area (TPSA) is 24.4 Å². The van der Waals surface area contributed by atoms with Crippen molar-refractivity contribution in [1.29, 1.82) is 0 Å². The highest BCUT2D eigenvalue weighted by atomic mass is 15.1. The van der Waals surface area contributed by atoms with Crippen LogP contribution in [-0.2, 0) is 20.5 Å². The molecule has 0 amide bonds. The molecule has 1 aliphatic rings. The summed E-state index contributed by atoms with van der Waals surface area (Å²) in [6.45, 7) is 0. The van der Waals surface area contributed by atoms with Gasteiger partial charge in [0, 0.05) is 43.9 Å². The monoisotopic (exact) mass is 393 g/mol. The minimum atomic E-state index is 0.922. The van der Waals surface area contributed by atoms with Crippen LogP contribution >= 0.6 is 0 Å². The van der Waals surface area contributed by atoms with E-state index in [1.165, 1.54) is 28.1 Å². The van der Waals surface area contributed by atoms with Gasteiger partial charge in [-0.2, -0.15) is 0 Å². The lowest BCUT2D eigenvalue weighted by Gasteiger charge is -2.32. The Balaban J connectivity index is 1.69. The fourth-order valence-corrected chi connectivity index (χ4v) is 4.35. The number of hydrogen-bond donors (Lipinski definition) is 0. The predicted molar refractivity (Wildman–Crippen MR) is 121 cm³/mol. The van der Waals surface area contributed by atoms with Crippen LogP contribution in [0.1, 0.15) is 11.1 Å². The Labute approximate surface area is 177 Å². The molecule has 4 nitrogen and oxygen atoms in total. The van der Waals surface area contributed by atoms with Gasteiger partial charge in [0.2, 0.25) is 5.49 Å². The number of pyridine rings is 2. The smallest absolute Gasteiger partial charge is 0.325 e. The molecular formula is C26H25N4+. The molecule has 0 N–H and O–H groups in total. The van der Waals surface area contributed by atoms with Crippen molar-refractivity contribution >= 4 is 17.2 Å². The molecule has 0 saturated carbocycles. The third-order valence-electron chi connectivity index (χ3n) is 5.93. The summed E-state index contributed by atoms with van der Waals surface area (Å²) in [6, 6.07) is 27.7. The van der Waals surface area contributed by atoms with E-state index in [0.717, 1.165) is 23.4 Å². The first-order valence-corrected chi connectivity index (χ1v) is 10.2. The zero-order chi connectivity index (χ0) is 20.7. The number of rotatable bonds is 2. The standard InChI is InChI=1S/C26H25N4/c1-28-17-7-6-15-24(28)27-25-16-9-14-23(29(25)2)21-12-8-11-20-18-19-10-4-5-13-22(19)30(3)26(20)21/h4-17H,18H2,1-3H3/q+1. The zero-order valence-electron chi connectivity index (χ0n) is 17.6. The van der Waals surface area contributed by atoms with E-state index in [-0.39, 0.29) is 0 Å². The molecule has 2 aromatic carbocycles. The van der Waals surface area contributed by atoms with Crippen LogP contribution in [0.5, 0.6) is 0 Å². The molecule has 0 spiro atoms. The average molecular weight is 394 g/mol. The minimum absolute atomic E-state index is 0.922. The number of para-hydroxylation sites is 2. The molecule has 0 saturated heterocycles. The fourth-order valence-electron chi connectivity index (χ4n) is 4.35. The van der Waals surface area contributed by atoms with E-state index in [1.807, 2.05) is 36.0 Å². The SMILES string of the molecule is CN1c2ccccc2Cc2cccc(-c3ccc/c(=N/c4cccc[n+]4C)n3C)c21. The van der Waals surface area contributed by atoms with Crippen molar-refractivity contribution < 1.29 is 4.57 Å². The van der Waals surface area contributed by atoms with Crippen molar-refractivity contribution in [1.82, 2.24) is 4.57 Å². The summed E-state index contributed by atoms with van der Waals surface area (Å²) < 4.78 is 4.21. The molecule has 1 aliphatic heterocycles. The van der Waals surface area contributed by atoms with Gasteiger partial charge in [-0.1, -0.05) is 48.5 Å². The summed E-state index contributed by atoms with van der Waals surface area (Å²) in [4.78, 5) is 7.23. The molecule has 30 heavy (non-hydrogen) atoms. The van der Waals surface area contributed by atoms with Gasteiger partial charge in [0.05, 0.1) is 24.6 Å². The summed E-state index contributed by atoms with van der Waals surface area (Å²) in [7, 11) is 6.27. The average Bonchev–Trinajstić information content (AvgIpc) is 2.76. The van der Waals surface area contributed by atoms with E-state index in [0.29, 0.717) is 0 Å². The highest BCUT2D eigenvalue weighted by molar-refractivity contribution is 5.86. The first-order valence-electron chi connectivity index (χ1n) is 10.2. The van der Waals surface area contributed by atoms with Gasteiger partial charge in [-0.25, -0.2) is 4.57 Å². The number of anilines is 2. The van der Waals surface area contributed by atoms with Gasteiger partial charge in [0.1, 0.15) is 0 Å². The second-order valence-corrected chi connectivity index (χ2v) is 7.79. The molecule has 0 radical (unpaired) electrons. The third kappa shape index (κ3) is 3.01. The summed E-state index contributed by atoms with van der Waals surface area (Å²) in [5.41, 5.74) is 8.57. The van der Waals surface area contributed by atoms with Crippen molar-refractivity contribution in [3.63, 3.8) is 0 Å². The molecule has 0 unspecified atom stereocenters. The summed E-state index contributed by atoms with van der Waals surface area (Å²) in [6.07, 6.45) is 2.97. The molecule has 0 bridgehead atoms. The first-order chi connectivity index (χ1) is 14.6. The molecule has 0 aliphatic carbocycles. The Kier molecular flexibility index (Phi) is 4.47. The van der Waals surface area contributed by atoms with Crippen molar-refractivity contribution in [2.24, 2.45) is 19.1 Å². The zero-order valence-corrected chi connectivity index (χ0v) is 17.6. The van der Waals surface area contributed by atoms with Gasteiger partial charge in [0.15, 0.2) is 0 Å². The van der Waals surface area contributed by atoms with Gasteiger partial charge in [-0.3, -0.25) is 0 Å². The first kappa shape index (κ1) is 18.4. The van der Waals surface area contributed by atoms with Crippen LogP contribution < -0.4 is 15.0 Å². The maximum Gasteiger partial charge on any atom is 0.325 e. The summed E-state index contributed by atoms with van der Waals surface area (Å²) in [5.74, 6) is 0.923. The molecular weight excluding hydrogens is 368 g/mol. The number of hydrogen-bond acceptors (Lipinski definition) is 2. The second kappa shape index (κ2) is 7.30. The van der Waals surface area contributed by atoms with E-state index in [9.17, 15) is 0 Å². The van der Waals surface area contributed by atoms with Crippen LogP contribution in [0.2, 0.25) is 0 Å². The molecule has 0 fully saturated rings. The molecule has 5 rings (SSSR count). The van der Waals surface area contributed by atoms with Crippen LogP contribution in [0.25, 0.3) is 11.3 Å². The molecule has 4 aromatic rings. The van der Waals surface area contributed by atoms with E-state index < -0.39 is 0 Å². The Morgan fingerprint density at radius 1 is 0.800 bits per heavy atom. The normalized spacial score (nSPS) is 13.2. The van der Waals surface area contributed by atoms with Crippen molar-refractivity contribution in [3.8, 4) is 11.3 Å². The van der Waals surface area contributed by atoms with E-state index in [1.54, 1.807) is 0 Å². The van der Waals surface area contributed by atoms with E-state index in [2.05, 4.69) is 84.2 Å². The Morgan fingerprint density at radius 2 is 1.57 bits per heavy atom. The van der Waals surface area contributed by atoms with Crippen LogP contribution in [0.3, 0.4) is 0 Å². The molecule has 2 aromatic heterocycles. The van der Waals surface area contributed by atoms with Crippen LogP contribution in [-0.4, -0.2) is 11.6 Å². The number of benzene rings is 2. The predicted octanol–water partition coefficient (Wildman–Crippen LogP) is 4.42. The summed E-state index contributed by atoms with van der Waals surface area (Å²) in [5, 5.41) is 0. The minimum Gasteiger partial charge on any atom is -0.344 e. The van der Waals surface area contributed by atoms with Crippen molar-refractivity contribution in [3.05, 3.63) is 102 Å². The molecule has 4 heteroatoms. The van der Waals surface area contributed by atoms with Gasteiger partial charge in [-0.05, 0) is 34.3 Å². The lowest BCUT2D eigenvalue weighted by Crippen LogP contribution is -2.29. The number of fused-ring (bicyclic) bond motifs is 2. The number of aromatic nitrogens is 2. The van der Waals surface area contributed by atoms with Crippen molar-refractivity contribution in [2.75, 3.05) is 11.9 Å². The molecule has 3 heterocycles.